The number of hydrogen-bond donors (Lipinski definition) is 2. The van der Waals surface area contributed by atoms with E-state index in [1.807, 2.05) is 13.8 Å². The molecule has 15 heteroatoms. The van der Waals surface area contributed by atoms with Gasteiger partial charge < -0.3 is 19.5 Å². The molecule has 3 aromatic carbocycles. The molecule has 1 aliphatic rings. The third kappa shape index (κ3) is 9.92. The van der Waals surface area contributed by atoms with E-state index in [0.717, 1.165) is 22.9 Å². The van der Waals surface area contributed by atoms with Gasteiger partial charge in [-0.1, -0.05) is 18.5 Å². The zero-order chi connectivity index (χ0) is 35.9. The molecule has 0 aliphatic carbocycles. The minimum absolute atomic E-state index is 0.0185. The first kappa shape index (κ1) is 38.5. The molecule has 0 saturated heterocycles. The van der Waals surface area contributed by atoms with Crippen LogP contribution in [0.15, 0.2) is 76.5 Å². The largest absolute Gasteiger partial charge is 0.490 e. The fraction of sp³-hybridized carbons (Fsp3) is 0.441. The molecule has 0 saturated carbocycles. The predicted octanol–water partition coefficient (Wildman–Crippen LogP) is 5.40. The van der Waals surface area contributed by atoms with Gasteiger partial charge in [0.15, 0.2) is 0 Å². The molecule has 0 aromatic heterocycles. The molecule has 0 radical (unpaired) electrons. The van der Waals surface area contributed by atoms with E-state index in [0.29, 0.717) is 24.5 Å². The van der Waals surface area contributed by atoms with Crippen LogP contribution in [-0.4, -0.2) is 88.7 Å². The zero-order valence-electron chi connectivity index (χ0n) is 27.9. The van der Waals surface area contributed by atoms with E-state index < -0.39 is 49.8 Å². The highest BCUT2D eigenvalue weighted by Crippen LogP contribution is 2.30. The number of benzene rings is 3. The summed E-state index contributed by atoms with van der Waals surface area (Å²) < 4.78 is 82.7. The lowest BCUT2D eigenvalue weighted by molar-refractivity contribution is -0.00834. The number of amides is 1. The molecule has 0 unspecified atom stereocenters. The molecular formula is C34H43ClFN3O8S2. The van der Waals surface area contributed by atoms with Crippen molar-refractivity contribution in [1.29, 1.82) is 0 Å². The number of rotatable bonds is 9. The number of carbonyl (C=O) groups is 1. The van der Waals surface area contributed by atoms with Gasteiger partial charge in [0.2, 0.25) is 10.0 Å². The van der Waals surface area contributed by atoms with Crippen LogP contribution in [0, 0.1) is 11.7 Å². The van der Waals surface area contributed by atoms with Crippen LogP contribution in [0.25, 0.3) is 0 Å². The molecule has 1 amide bonds. The van der Waals surface area contributed by atoms with Crippen molar-refractivity contribution in [3.8, 4) is 5.75 Å². The number of likely N-dealkylation sites (N-methyl/N-ethyl adjacent to an activating group) is 1. The van der Waals surface area contributed by atoms with Crippen molar-refractivity contribution in [1.82, 2.24) is 9.21 Å². The first-order valence-electron chi connectivity index (χ1n) is 16.0. The molecule has 0 fully saturated rings. The number of carbonyl (C=O) groups excluding carboxylic acids is 1. The number of nitrogens with one attached hydrogen (secondary N) is 1. The second-order valence-corrected chi connectivity index (χ2v) is 16.5. The smallest absolute Gasteiger partial charge is 0.261 e. The molecule has 4 rings (SSSR count). The highest BCUT2D eigenvalue weighted by molar-refractivity contribution is 7.92. The van der Waals surface area contributed by atoms with Crippen LogP contribution in [0.1, 0.15) is 50.4 Å². The molecule has 3 aromatic rings. The normalized spacial score (nSPS) is 20.6. The summed E-state index contributed by atoms with van der Waals surface area (Å²) in [6.45, 7) is 5.34. The molecule has 11 nitrogen and oxygen atoms in total. The summed E-state index contributed by atoms with van der Waals surface area (Å²) in [5, 5.41) is 10.6. The van der Waals surface area contributed by atoms with Gasteiger partial charge in [0.1, 0.15) is 11.6 Å². The number of hydrogen-bond acceptors (Lipinski definition) is 8. The van der Waals surface area contributed by atoms with Crippen molar-refractivity contribution in [2.75, 3.05) is 38.1 Å². The standard InChI is InChI=1S/C34H43ClFN3O8S2/c1-23-20-39(24(2)22-40)34(41)31-19-28(37-48(42,43)29-13-8-26(35)9-14-29)12-17-32(31)47-25(3)7-5-6-18-46-33(23)21-38(4)49(44,45)30-15-10-27(36)11-16-30/h8-17,19,23-25,33,37,40H,5-7,18,20-22H2,1-4H3/t23-,24+,25-,33-/m1/s1. The van der Waals surface area contributed by atoms with Crippen LogP contribution >= 0.6 is 11.6 Å². The predicted molar refractivity (Wildman–Crippen MR) is 185 cm³/mol. The summed E-state index contributed by atoms with van der Waals surface area (Å²) >= 11 is 5.93. The number of ether oxygens (including phenoxy) is 2. The van der Waals surface area contributed by atoms with E-state index in [-0.39, 0.29) is 52.6 Å². The highest BCUT2D eigenvalue weighted by Gasteiger charge is 2.32. The fourth-order valence-corrected chi connectivity index (χ4v) is 7.77. The average Bonchev–Trinajstić information content (AvgIpc) is 3.06. The maximum atomic E-state index is 14.4. The van der Waals surface area contributed by atoms with Gasteiger partial charge >= 0.3 is 0 Å². The van der Waals surface area contributed by atoms with Crippen LogP contribution in [0.5, 0.6) is 5.75 Å². The Morgan fingerprint density at radius 1 is 1.02 bits per heavy atom. The third-order valence-electron chi connectivity index (χ3n) is 8.39. The SMILES string of the molecule is C[C@@H]1CCCCO[C@H](CN(C)S(=O)(=O)c2ccc(F)cc2)[C@H](C)CN([C@@H](C)CO)C(=O)c2cc(NS(=O)(=O)c3ccc(Cl)cc3)ccc2O1. The molecule has 268 valence electrons. The number of sulfonamides is 2. The quantitative estimate of drug-likeness (QED) is 0.297. The van der Waals surface area contributed by atoms with E-state index in [1.165, 1.54) is 60.5 Å². The number of halogens is 2. The number of aliphatic hydroxyl groups is 1. The van der Waals surface area contributed by atoms with E-state index in [2.05, 4.69) is 4.72 Å². The Balaban J connectivity index is 1.67. The first-order chi connectivity index (χ1) is 23.1. The summed E-state index contributed by atoms with van der Waals surface area (Å²) in [5.41, 5.74) is 0.207. The summed E-state index contributed by atoms with van der Waals surface area (Å²) in [5.74, 6) is -1.25. The van der Waals surface area contributed by atoms with Crippen molar-refractivity contribution in [3.05, 3.63) is 83.1 Å². The molecule has 4 atom stereocenters. The lowest BCUT2D eigenvalue weighted by Crippen LogP contribution is -2.48. The monoisotopic (exact) mass is 739 g/mol. The van der Waals surface area contributed by atoms with E-state index in [9.17, 15) is 31.1 Å². The summed E-state index contributed by atoms with van der Waals surface area (Å²) in [6, 6.07) is 14.0. The molecule has 1 heterocycles. The van der Waals surface area contributed by atoms with Gasteiger partial charge in [0.05, 0.1) is 40.2 Å². The van der Waals surface area contributed by atoms with Crippen LogP contribution in [0.4, 0.5) is 10.1 Å². The van der Waals surface area contributed by atoms with E-state index in [1.54, 1.807) is 13.0 Å². The van der Waals surface area contributed by atoms with Gasteiger partial charge in [-0.2, -0.15) is 4.31 Å². The first-order valence-corrected chi connectivity index (χ1v) is 19.3. The Morgan fingerprint density at radius 3 is 2.33 bits per heavy atom. The minimum atomic E-state index is -4.03. The van der Waals surface area contributed by atoms with Gasteiger partial charge in [-0.3, -0.25) is 9.52 Å². The fourth-order valence-electron chi connectivity index (χ4n) is 5.41. The van der Waals surface area contributed by atoms with E-state index >= 15 is 0 Å². The van der Waals surface area contributed by atoms with Gasteiger partial charge in [-0.05, 0) is 99.8 Å². The van der Waals surface area contributed by atoms with Gasteiger partial charge in [-0.15, -0.1) is 0 Å². The summed E-state index contributed by atoms with van der Waals surface area (Å²) in [6.07, 6.45) is 1.05. The van der Waals surface area contributed by atoms with Crippen LogP contribution in [-0.2, 0) is 24.8 Å². The molecular weight excluding hydrogens is 697 g/mol. The number of aliphatic hydroxyl groups excluding tert-OH is 1. The zero-order valence-corrected chi connectivity index (χ0v) is 30.3. The average molecular weight is 740 g/mol. The number of nitrogens with zero attached hydrogens (tertiary/aromatic N) is 2. The topological polar surface area (TPSA) is 143 Å². The second kappa shape index (κ2) is 16.6. The minimum Gasteiger partial charge on any atom is -0.490 e. The van der Waals surface area contributed by atoms with Gasteiger partial charge in [0.25, 0.3) is 15.9 Å². The Bertz CT molecular complexity index is 1790. The number of fused-ring (bicyclic) bond motifs is 1. The Hall–Kier alpha value is -3.27. The van der Waals surface area contributed by atoms with E-state index in [4.69, 9.17) is 21.1 Å². The van der Waals surface area contributed by atoms with Crippen LogP contribution in [0.2, 0.25) is 5.02 Å². The van der Waals surface area contributed by atoms with Crippen molar-refractivity contribution < 1.29 is 40.6 Å². The van der Waals surface area contributed by atoms with Crippen molar-refractivity contribution in [2.24, 2.45) is 5.92 Å². The molecule has 0 bridgehead atoms. The summed E-state index contributed by atoms with van der Waals surface area (Å²) in [4.78, 5) is 15.7. The van der Waals surface area contributed by atoms with Crippen molar-refractivity contribution >= 4 is 43.2 Å². The van der Waals surface area contributed by atoms with Gasteiger partial charge in [0, 0.05) is 43.4 Å². The Morgan fingerprint density at radius 2 is 1.67 bits per heavy atom. The highest BCUT2D eigenvalue weighted by atomic mass is 35.5. The van der Waals surface area contributed by atoms with Crippen molar-refractivity contribution in [3.63, 3.8) is 0 Å². The second-order valence-electron chi connectivity index (χ2n) is 12.3. The maximum absolute atomic E-state index is 14.4. The van der Waals surface area contributed by atoms with Crippen LogP contribution in [0.3, 0.4) is 0 Å². The lowest BCUT2D eigenvalue weighted by atomic mass is 10.0. The Kier molecular flexibility index (Phi) is 13.1. The Labute approximate surface area is 293 Å². The van der Waals surface area contributed by atoms with Crippen molar-refractivity contribution in [2.45, 2.75) is 68.1 Å². The van der Waals surface area contributed by atoms with Gasteiger partial charge in [-0.25, -0.2) is 21.2 Å². The number of anilines is 1. The van der Waals surface area contributed by atoms with Crippen LogP contribution < -0.4 is 9.46 Å². The molecule has 1 aliphatic heterocycles. The molecule has 2 N–H and O–H groups in total. The molecule has 0 spiro atoms. The maximum Gasteiger partial charge on any atom is 0.261 e. The molecule has 49 heavy (non-hydrogen) atoms. The summed E-state index contributed by atoms with van der Waals surface area (Å²) in [7, 11) is -6.60. The lowest BCUT2D eigenvalue weighted by Gasteiger charge is -2.35. The third-order valence-corrected chi connectivity index (χ3v) is 11.9.